The summed E-state index contributed by atoms with van der Waals surface area (Å²) in [6, 6.07) is 6.56. The van der Waals surface area contributed by atoms with E-state index in [0.29, 0.717) is 12.8 Å². The van der Waals surface area contributed by atoms with Crippen LogP contribution < -0.4 is 0 Å². The molecular formula is C17H21NO3S. The van der Waals surface area contributed by atoms with Crippen LogP contribution in [0.15, 0.2) is 41.3 Å². The van der Waals surface area contributed by atoms with E-state index in [1.54, 1.807) is 43.3 Å². The number of sulfonamides is 1. The number of aryl methyl sites for hydroxylation is 1. The topological polar surface area (TPSA) is 57.6 Å². The number of nitrogens with zero attached hydrogens (tertiary/aromatic N) is 1. The summed E-state index contributed by atoms with van der Waals surface area (Å²) in [5.74, 6) is 5.59. The van der Waals surface area contributed by atoms with Crippen molar-refractivity contribution in [1.82, 2.24) is 4.31 Å². The molecule has 0 spiro atoms. The molecule has 0 saturated heterocycles. The Kier molecular flexibility index (Phi) is 5.41. The predicted octanol–water partition coefficient (Wildman–Crippen LogP) is 2.09. The summed E-state index contributed by atoms with van der Waals surface area (Å²) in [4.78, 5) is 0.274. The Morgan fingerprint density at radius 2 is 1.91 bits per heavy atom. The monoisotopic (exact) mass is 319 g/mol. The molecule has 1 aromatic rings. The Morgan fingerprint density at radius 3 is 2.45 bits per heavy atom. The van der Waals surface area contributed by atoms with Crippen molar-refractivity contribution in [2.75, 3.05) is 6.54 Å². The summed E-state index contributed by atoms with van der Waals surface area (Å²) < 4.78 is 27.2. The number of hydrogen-bond acceptors (Lipinski definition) is 3. The van der Waals surface area contributed by atoms with Crippen molar-refractivity contribution in [2.45, 2.75) is 43.7 Å². The van der Waals surface area contributed by atoms with Gasteiger partial charge in [0.25, 0.3) is 0 Å². The molecule has 0 saturated carbocycles. The third-order valence-corrected chi connectivity index (χ3v) is 5.61. The largest absolute Gasteiger partial charge is 0.389 e. The average Bonchev–Trinajstić information content (AvgIpc) is 2.49. The van der Waals surface area contributed by atoms with Gasteiger partial charge in [-0.15, -0.1) is 5.92 Å². The highest BCUT2D eigenvalue weighted by atomic mass is 32.2. The number of hydrogen-bond donors (Lipinski definition) is 1. The number of rotatable bonds is 4. The third kappa shape index (κ3) is 3.77. The molecular weight excluding hydrogens is 298 g/mol. The molecule has 2 unspecified atom stereocenters. The maximum absolute atomic E-state index is 12.9. The van der Waals surface area contributed by atoms with E-state index in [1.165, 1.54) is 4.31 Å². The molecule has 1 aromatic carbocycles. The number of aliphatic hydroxyl groups is 1. The van der Waals surface area contributed by atoms with E-state index in [-0.39, 0.29) is 17.5 Å². The Hall–Kier alpha value is -1.61. The maximum Gasteiger partial charge on any atom is 0.244 e. The summed E-state index contributed by atoms with van der Waals surface area (Å²) >= 11 is 0. The molecule has 1 aliphatic rings. The first-order valence-electron chi connectivity index (χ1n) is 7.29. The van der Waals surface area contributed by atoms with Crippen LogP contribution in [0.25, 0.3) is 0 Å². The van der Waals surface area contributed by atoms with Crippen LogP contribution >= 0.6 is 0 Å². The van der Waals surface area contributed by atoms with Gasteiger partial charge in [-0.3, -0.25) is 0 Å². The van der Waals surface area contributed by atoms with Crippen LogP contribution in [-0.4, -0.2) is 36.5 Å². The lowest BCUT2D eigenvalue weighted by Crippen LogP contribution is -2.41. The van der Waals surface area contributed by atoms with E-state index in [4.69, 9.17) is 0 Å². The van der Waals surface area contributed by atoms with Crippen LogP contribution in [-0.2, 0) is 10.0 Å². The minimum Gasteiger partial charge on any atom is -0.389 e. The highest BCUT2D eigenvalue weighted by molar-refractivity contribution is 7.89. The summed E-state index contributed by atoms with van der Waals surface area (Å²) in [5.41, 5.74) is 1.01. The Morgan fingerprint density at radius 1 is 1.23 bits per heavy atom. The first-order chi connectivity index (χ1) is 10.4. The van der Waals surface area contributed by atoms with E-state index < -0.39 is 16.1 Å². The molecule has 118 valence electrons. The van der Waals surface area contributed by atoms with Crippen molar-refractivity contribution in [3.8, 4) is 11.8 Å². The summed E-state index contributed by atoms with van der Waals surface area (Å²) in [7, 11) is -3.61. The fraction of sp³-hybridized carbons (Fsp3) is 0.412. The predicted molar refractivity (Wildman–Crippen MR) is 86.7 cm³/mol. The lowest BCUT2D eigenvalue weighted by molar-refractivity contribution is 0.189. The Bertz CT molecular complexity index is 696. The first-order valence-corrected chi connectivity index (χ1v) is 8.73. The Balaban J connectivity index is 2.36. The van der Waals surface area contributed by atoms with E-state index in [0.717, 1.165) is 5.56 Å². The van der Waals surface area contributed by atoms with Gasteiger partial charge in [-0.1, -0.05) is 35.8 Å². The molecule has 0 aliphatic heterocycles. The second-order valence-electron chi connectivity index (χ2n) is 5.39. The summed E-state index contributed by atoms with van der Waals surface area (Å²) in [6.07, 6.45) is 4.08. The van der Waals surface area contributed by atoms with Crippen LogP contribution in [0.2, 0.25) is 0 Å². The quantitative estimate of drug-likeness (QED) is 0.683. The van der Waals surface area contributed by atoms with Gasteiger partial charge in [0.1, 0.15) is 0 Å². The van der Waals surface area contributed by atoms with Crippen molar-refractivity contribution in [1.29, 1.82) is 0 Å². The van der Waals surface area contributed by atoms with Gasteiger partial charge in [-0.25, -0.2) is 8.42 Å². The van der Waals surface area contributed by atoms with Crippen molar-refractivity contribution < 1.29 is 13.5 Å². The fourth-order valence-corrected chi connectivity index (χ4v) is 3.93. The highest BCUT2D eigenvalue weighted by Gasteiger charge is 2.31. The molecule has 0 bridgehead atoms. The van der Waals surface area contributed by atoms with Crippen LogP contribution in [0, 0.1) is 18.8 Å². The molecule has 2 rings (SSSR count). The fourth-order valence-electron chi connectivity index (χ4n) is 2.41. The van der Waals surface area contributed by atoms with Crippen LogP contribution in [0.5, 0.6) is 0 Å². The van der Waals surface area contributed by atoms with E-state index in [1.807, 2.05) is 6.92 Å². The van der Waals surface area contributed by atoms with E-state index in [9.17, 15) is 13.5 Å². The van der Waals surface area contributed by atoms with E-state index in [2.05, 4.69) is 11.8 Å². The molecule has 2 atom stereocenters. The highest BCUT2D eigenvalue weighted by Crippen LogP contribution is 2.24. The van der Waals surface area contributed by atoms with Crippen molar-refractivity contribution in [3.05, 3.63) is 42.0 Å². The van der Waals surface area contributed by atoms with E-state index >= 15 is 0 Å². The minimum atomic E-state index is -3.61. The van der Waals surface area contributed by atoms with Gasteiger partial charge in [0.05, 0.1) is 17.5 Å². The molecule has 0 radical (unpaired) electrons. The molecule has 22 heavy (non-hydrogen) atoms. The zero-order valence-corrected chi connectivity index (χ0v) is 13.7. The molecule has 0 heterocycles. The zero-order valence-electron chi connectivity index (χ0n) is 12.9. The maximum atomic E-state index is 12.9. The molecule has 1 aliphatic carbocycles. The third-order valence-electron chi connectivity index (χ3n) is 3.72. The van der Waals surface area contributed by atoms with Gasteiger partial charge in [0.2, 0.25) is 10.0 Å². The second kappa shape index (κ2) is 7.10. The minimum absolute atomic E-state index is 0.151. The van der Waals surface area contributed by atoms with Gasteiger partial charge >= 0.3 is 0 Å². The molecule has 1 N–H and O–H groups in total. The van der Waals surface area contributed by atoms with Gasteiger partial charge in [0.15, 0.2) is 0 Å². The van der Waals surface area contributed by atoms with Crippen LogP contribution in [0.3, 0.4) is 0 Å². The molecule has 5 heteroatoms. The first kappa shape index (κ1) is 16.8. The standard InChI is InChI=1S/C17H21NO3S/c1-3-4-13-18(15-7-9-16(19)10-8-15)22(20,21)17-11-5-14(2)6-12-17/h5-7,9,11-12,15-16,19H,8,10,13H2,1-2H3. The summed E-state index contributed by atoms with van der Waals surface area (Å²) in [5, 5.41) is 9.55. The second-order valence-corrected chi connectivity index (χ2v) is 7.28. The smallest absolute Gasteiger partial charge is 0.244 e. The molecule has 0 amide bonds. The Labute approximate surface area is 132 Å². The summed E-state index contributed by atoms with van der Waals surface area (Å²) in [6.45, 7) is 3.76. The number of benzene rings is 1. The van der Waals surface area contributed by atoms with Crippen LogP contribution in [0.1, 0.15) is 25.3 Å². The SMILES string of the molecule is CC#CCN(C1C=CC(O)CC1)S(=O)(=O)c1ccc(C)cc1. The van der Waals surface area contributed by atoms with Crippen molar-refractivity contribution >= 4 is 10.0 Å². The van der Waals surface area contributed by atoms with Crippen molar-refractivity contribution in [3.63, 3.8) is 0 Å². The molecule has 0 fully saturated rings. The zero-order chi connectivity index (χ0) is 16.2. The van der Waals surface area contributed by atoms with Gasteiger partial charge in [0, 0.05) is 6.04 Å². The van der Waals surface area contributed by atoms with Crippen LogP contribution in [0.4, 0.5) is 0 Å². The number of aliphatic hydroxyl groups excluding tert-OH is 1. The molecule has 4 nitrogen and oxygen atoms in total. The lowest BCUT2D eigenvalue weighted by Gasteiger charge is -2.30. The van der Waals surface area contributed by atoms with Gasteiger partial charge < -0.3 is 5.11 Å². The lowest BCUT2D eigenvalue weighted by atomic mass is 10.0. The molecule has 0 aromatic heterocycles. The normalized spacial score (nSPS) is 21.5. The van der Waals surface area contributed by atoms with Crippen molar-refractivity contribution in [2.24, 2.45) is 0 Å². The van der Waals surface area contributed by atoms with Gasteiger partial charge in [-0.05, 0) is 38.8 Å². The van der Waals surface area contributed by atoms with Gasteiger partial charge in [-0.2, -0.15) is 4.31 Å². The average molecular weight is 319 g/mol.